The summed E-state index contributed by atoms with van der Waals surface area (Å²) in [7, 11) is 0. The number of phenols is 1. The van der Waals surface area contributed by atoms with Gasteiger partial charge in [-0.1, -0.05) is 15.9 Å². The van der Waals surface area contributed by atoms with Crippen LogP contribution in [-0.4, -0.2) is 22.4 Å². The summed E-state index contributed by atoms with van der Waals surface area (Å²) in [5.74, 6) is -0.126. The molecular formula is C10H11Br2NO2. The molecule has 0 aromatic heterocycles. The summed E-state index contributed by atoms with van der Waals surface area (Å²) < 4.78 is 0.576. The first-order valence-corrected chi connectivity index (χ1v) is 6.31. The molecule has 3 nitrogen and oxygen atoms in total. The molecule has 0 heterocycles. The molecule has 0 saturated heterocycles. The molecule has 1 unspecified atom stereocenters. The van der Waals surface area contributed by atoms with Crippen LogP contribution in [0.15, 0.2) is 22.7 Å². The van der Waals surface area contributed by atoms with Crippen molar-refractivity contribution in [3.8, 4) is 5.75 Å². The monoisotopic (exact) mass is 335 g/mol. The third kappa shape index (κ3) is 3.50. The number of hydrogen-bond acceptors (Lipinski definition) is 2. The van der Waals surface area contributed by atoms with E-state index in [0.29, 0.717) is 15.4 Å². The Morgan fingerprint density at radius 2 is 2.27 bits per heavy atom. The van der Waals surface area contributed by atoms with Crippen LogP contribution in [0.25, 0.3) is 0 Å². The molecule has 5 heteroatoms. The Hall–Kier alpha value is -0.550. The molecule has 1 amide bonds. The van der Waals surface area contributed by atoms with Crippen LogP contribution in [0.5, 0.6) is 5.75 Å². The highest BCUT2D eigenvalue weighted by Crippen LogP contribution is 2.24. The minimum atomic E-state index is -0.190. The van der Waals surface area contributed by atoms with Crippen LogP contribution >= 0.6 is 31.9 Å². The predicted octanol–water partition coefficient (Wildman–Crippen LogP) is 2.67. The molecule has 1 atom stereocenters. The smallest absolute Gasteiger partial charge is 0.251 e. The molecule has 0 bridgehead atoms. The van der Waals surface area contributed by atoms with Gasteiger partial charge < -0.3 is 10.4 Å². The lowest BCUT2D eigenvalue weighted by Gasteiger charge is -2.10. The molecule has 0 radical (unpaired) electrons. The molecule has 0 fully saturated rings. The van der Waals surface area contributed by atoms with Crippen molar-refractivity contribution in [3.63, 3.8) is 0 Å². The van der Waals surface area contributed by atoms with Crippen LogP contribution in [0.3, 0.4) is 0 Å². The number of rotatable bonds is 3. The van der Waals surface area contributed by atoms with Crippen molar-refractivity contribution in [1.82, 2.24) is 5.32 Å². The number of alkyl halides is 1. The topological polar surface area (TPSA) is 49.3 Å². The molecule has 1 aromatic rings. The van der Waals surface area contributed by atoms with Gasteiger partial charge in [-0.2, -0.15) is 0 Å². The standard InChI is InChI=1S/C10H11Br2NO2/c1-6(5-11)13-10(15)7-2-3-8(12)9(14)4-7/h2-4,6,14H,5H2,1H3,(H,13,15). The Bertz CT molecular complexity index is 368. The van der Waals surface area contributed by atoms with Crippen LogP contribution in [-0.2, 0) is 0 Å². The fourth-order valence-electron chi connectivity index (χ4n) is 1.000. The Labute approximate surface area is 105 Å². The number of amides is 1. The summed E-state index contributed by atoms with van der Waals surface area (Å²) in [4.78, 5) is 11.6. The van der Waals surface area contributed by atoms with Gasteiger partial charge in [-0.3, -0.25) is 4.79 Å². The van der Waals surface area contributed by atoms with Crippen LogP contribution < -0.4 is 5.32 Å². The number of benzene rings is 1. The molecule has 2 N–H and O–H groups in total. The Morgan fingerprint density at radius 1 is 1.60 bits per heavy atom. The third-order valence-electron chi connectivity index (χ3n) is 1.82. The van der Waals surface area contributed by atoms with Gasteiger partial charge in [-0.05, 0) is 41.1 Å². The first-order valence-electron chi connectivity index (χ1n) is 4.40. The van der Waals surface area contributed by atoms with Crippen molar-refractivity contribution in [2.45, 2.75) is 13.0 Å². The van der Waals surface area contributed by atoms with E-state index in [2.05, 4.69) is 37.2 Å². The molecule has 0 saturated carbocycles. The lowest BCUT2D eigenvalue weighted by Crippen LogP contribution is -2.33. The Balaban J connectivity index is 2.78. The summed E-state index contributed by atoms with van der Waals surface area (Å²) in [6.07, 6.45) is 0. The zero-order valence-corrected chi connectivity index (χ0v) is 11.3. The molecule has 82 valence electrons. The fraction of sp³-hybridized carbons (Fsp3) is 0.300. The van der Waals surface area contributed by atoms with Crippen molar-refractivity contribution in [2.24, 2.45) is 0 Å². The average molecular weight is 337 g/mol. The van der Waals surface area contributed by atoms with Gasteiger partial charge in [0.25, 0.3) is 5.91 Å². The highest BCUT2D eigenvalue weighted by Gasteiger charge is 2.10. The maximum atomic E-state index is 11.6. The van der Waals surface area contributed by atoms with Gasteiger partial charge in [0.05, 0.1) is 4.47 Å². The maximum Gasteiger partial charge on any atom is 0.251 e. The van der Waals surface area contributed by atoms with Crippen LogP contribution in [0.4, 0.5) is 0 Å². The Morgan fingerprint density at radius 3 is 2.80 bits per heavy atom. The summed E-state index contributed by atoms with van der Waals surface area (Å²) in [5.41, 5.74) is 0.448. The number of hydrogen-bond donors (Lipinski definition) is 2. The van der Waals surface area contributed by atoms with Crippen molar-refractivity contribution in [1.29, 1.82) is 0 Å². The average Bonchev–Trinajstić information content (AvgIpc) is 2.21. The van der Waals surface area contributed by atoms with Gasteiger partial charge in [0.1, 0.15) is 5.75 Å². The minimum Gasteiger partial charge on any atom is -0.507 e. The summed E-state index contributed by atoms with van der Waals surface area (Å²) in [6.45, 7) is 1.89. The van der Waals surface area contributed by atoms with E-state index in [-0.39, 0.29) is 17.7 Å². The number of carbonyl (C=O) groups excluding carboxylic acids is 1. The molecule has 0 aliphatic rings. The van der Waals surface area contributed by atoms with E-state index in [1.807, 2.05) is 6.92 Å². The number of carbonyl (C=O) groups is 1. The molecule has 1 aromatic carbocycles. The summed E-state index contributed by atoms with van der Waals surface area (Å²) in [5, 5.41) is 12.9. The number of nitrogens with one attached hydrogen (secondary N) is 1. The molecule has 1 rings (SSSR count). The first-order chi connectivity index (χ1) is 7.04. The molecule has 0 aliphatic carbocycles. The van der Waals surface area contributed by atoms with Crippen molar-refractivity contribution < 1.29 is 9.90 Å². The van der Waals surface area contributed by atoms with Gasteiger partial charge in [0.15, 0.2) is 0 Å². The zero-order valence-electron chi connectivity index (χ0n) is 8.13. The molecule has 15 heavy (non-hydrogen) atoms. The van der Waals surface area contributed by atoms with E-state index < -0.39 is 0 Å². The van der Waals surface area contributed by atoms with Crippen molar-refractivity contribution in [3.05, 3.63) is 28.2 Å². The van der Waals surface area contributed by atoms with Gasteiger partial charge in [-0.25, -0.2) is 0 Å². The second-order valence-electron chi connectivity index (χ2n) is 3.20. The van der Waals surface area contributed by atoms with E-state index in [4.69, 9.17) is 0 Å². The maximum absolute atomic E-state index is 11.6. The van der Waals surface area contributed by atoms with E-state index in [0.717, 1.165) is 0 Å². The van der Waals surface area contributed by atoms with Gasteiger partial charge in [0.2, 0.25) is 0 Å². The second-order valence-corrected chi connectivity index (χ2v) is 4.70. The summed E-state index contributed by atoms with van der Waals surface area (Å²) in [6, 6.07) is 4.78. The number of aromatic hydroxyl groups is 1. The fourth-order valence-corrected chi connectivity index (χ4v) is 1.41. The third-order valence-corrected chi connectivity index (χ3v) is 3.46. The van der Waals surface area contributed by atoms with Gasteiger partial charge in [-0.15, -0.1) is 0 Å². The van der Waals surface area contributed by atoms with E-state index in [9.17, 15) is 9.90 Å². The zero-order chi connectivity index (χ0) is 11.4. The Kier molecular flexibility index (Phi) is 4.60. The highest BCUT2D eigenvalue weighted by atomic mass is 79.9. The molecular weight excluding hydrogens is 326 g/mol. The second kappa shape index (κ2) is 5.51. The largest absolute Gasteiger partial charge is 0.507 e. The van der Waals surface area contributed by atoms with E-state index in [1.165, 1.54) is 6.07 Å². The predicted molar refractivity (Wildman–Crippen MR) is 66.5 cm³/mol. The van der Waals surface area contributed by atoms with Gasteiger partial charge >= 0.3 is 0 Å². The minimum absolute atomic E-state index is 0.0586. The van der Waals surface area contributed by atoms with Crippen molar-refractivity contribution >= 4 is 37.8 Å². The van der Waals surface area contributed by atoms with Crippen molar-refractivity contribution in [2.75, 3.05) is 5.33 Å². The first kappa shape index (κ1) is 12.5. The van der Waals surface area contributed by atoms with E-state index >= 15 is 0 Å². The molecule has 0 aliphatic heterocycles. The van der Waals surface area contributed by atoms with Gasteiger partial charge in [0, 0.05) is 16.9 Å². The normalized spacial score (nSPS) is 12.2. The van der Waals surface area contributed by atoms with Crippen LogP contribution in [0.2, 0.25) is 0 Å². The quantitative estimate of drug-likeness (QED) is 0.834. The summed E-state index contributed by atoms with van der Waals surface area (Å²) >= 11 is 6.42. The highest BCUT2D eigenvalue weighted by molar-refractivity contribution is 9.10. The lowest BCUT2D eigenvalue weighted by molar-refractivity contribution is 0.0943. The number of halogens is 2. The lowest BCUT2D eigenvalue weighted by atomic mass is 10.2. The molecule has 0 spiro atoms. The SMILES string of the molecule is CC(CBr)NC(=O)c1ccc(Br)c(O)c1. The van der Waals surface area contributed by atoms with Crippen LogP contribution in [0.1, 0.15) is 17.3 Å². The number of phenolic OH excluding ortho intramolecular Hbond substituents is 1. The van der Waals surface area contributed by atoms with E-state index in [1.54, 1.807) is 12.1 Å². The van der Waals surface area contributed by atoms with Crippen LogP contribution in [0, 0.1) is 0 Å².